The summed E-state index contributed by atoms with van der Waals surface area (Å²) in [5.74, 6) is 0.374. The first-order valence-corrected chi connectivity index (χ1v) is 6.00. The molecule has 0 spiro atoms. The van der Waals surface area contributed by atoms with Gasteiger partial charge in [-0.05, 0) is 12.1 Å². The maximum atomic E-state index is 11.1. The lowest BCUT2D eigenvalue weighted by molar-refractivity contribution is -0.384. The Hall–Kier alpha value is -3.14. The van der Waals surface area contributed by atoms with Crippen molar-refractivity contribution in [2.24, 2.45) is 0 Å². The van der Waals surface area contributed by atoms with Gasteiger partial charge in [0.2, 0.25) is 11.7 Å². The van der Waals surface area contributed by atoms with Crippen LogP contribution in [0.4, 0.5) is 17.2 Å². The minimum Gasteiger partial charge on any atom is -0.481 e. The molecule has 0 amide bonds. The number of nitriles is 1. The third-order valence-electron chi connectivity index (χ3n) is 2.94. The van der Waals surface area contributed by atoms with E-state index in [1.165, 1.54) is 24.1 Å². The molecule has 0 aliphatic carbocycles. The van der Waals surface area contributed by atoms with Gasteiger partial charge in [0, 0.05) is 19.2 Å². The fourth-order valence-corrected chi connectivity index (χ4v) is 1.90. The topological polar surface area (TPSA) is 92.3 Å². The first-order chi connectivity index (χ1) is 10.1. The number of aromatic nitrogens is 1. The van der Waals surface area contributed by atoms with Crippen LogP contribution in [-0.4, -0.2) is 24.1 Å². The number of pyridine rings is 1. The molecule has 1 aromatic heterocycles. The van der Waals surface area contributed by atoms with Crippen molar-refractivity contribution < 1.29 is 9.66 Å². The number of hydrogen-bond acceptors (Lipinski definition) is 6. The first-order valence-electron chi connectivity index (χ1n) is 6.00. The van der Waals surface area contributed by atoms with E-state index in [2.05, 4.69) is 11.1 Å². The normalized spacial score (nSPS) is 9.76. The summed E-state index contributed by atoms with van der Waals surface area (Å²) < 4.78 is 5.01. The molecule has 2 rings (SSSR count). The van der Waals surface area contributed by atoms with E-state index in [0.717, 1.165) is 0 Å². The lowest BCUT2D eigenvalue weighted by Crippen LogP contribution is -2.15. The van der Waals surface area contributed by atoms with Gasteiger partial charge in [-0.3, -0.25) is 10.1 Å². The summed E-state index contributed by atoms with van der Waals surface area (Å²) in [6.45, 7) is 0. The largest absolute Gasteiger partial charge is 0.481 e. The highest BCUT2D eigenvalue weighted by atomic mass is 16.6. The zero-order valence-corrected chi connectivity index (χ0v) is 11.5. The zero-order valence-electron chi connectivity index (χ0n) is 11.5. The zero-order chi connectivity index (χ0) is 15.4. The first kappa shape index (κ1) is 14.3. The van der Waals surface area contributed by atoms with Crippen molar-refractivity contribution in [3.05, 3.63) is 52.1 Å². The molecule has 0 N–H and O–H groups in total. The van der Waals surface area contributed by atoms with E-state index in [1.807, 2.05) is 0 Å². The molecule has 7 nitrogen and oxygen atoms in total. The predicted molar refractivity (Wildman–Crippen MR) is 76.7 cm³/mol. The van der Waals surface area contributed by atoms with Gasteiger partial charge >= 0.3 is 5.69 Å². The molecule has 2 aromatic rings. The molecule has 0 saturated heterocycles. The standard InChI is InChI=1S/C14H12N4O3/c1-17(11-6-4-3-5-10(11)9-15)14-12(18(19)20)7-8-13(16-14)21-2/h3-8H,1-2H3. The number of para-hydroxylation sites is 1. The van der Waals surface area contributed by atoms with Crippen molar-refractivity contribution in [2.45, 2.75) is 0 Å². The molecule has 1 heterocycles. The molecular weight excluding hydrogens is 272 g/mol. The second kappa shape index (κ2) is 5.88. The average molecular weight is 284 g/mol. The van der Waals surface area contributed by atoms with Crippen LogP contribution in [0.25, 0.3) is 0 Å². The van der Waals surface area contributed by atoms with Crippen LogP contribution in [0, 0.1) is 21.4 Å². The summed E-state index contributed by atoms with van der Waals surface area (Å²) in [5, 5.41) is 20.3. The van der Waals surface area contributed by atoms with Crippen molar-refractivity contribution >= 4 is 17.2 Å². The highest BCUT2D eigenvalue weighted by Crippen LogP contribution is 2.33. The van der Waals surface area contributed by atoms with E-state index in [1.54, 1.807) is 31.3 Å². The summed E-state index contributed by atoms with van der Waals surface area (Å²) in [4.78, 5) is 16.2. The van der Waals surface area contributed by atoms with Gasteiger partial charge in [0.25, 0.3) is 0 Å². The third-order valence-corrected chi connectivity index (χ3v) is 2.94. The predicted octanol–water partition coefficient (Wildman–Crippen LogP) is 2.64. The second-order valence-corrected chi connectivity index (χ2v) is 4.14. The Bertz CT molecular complexity index is 724. The maximum absolute atomic E-state index is 11.1. The molecular formula is C14H12N4O3. The SMILES string of the molecule is COc1ccc([N+](=O)[O-])c(N(C)c2ccccc2C#N)n1. The molecule has 0 fully saturated rings. The van der Waals surface area contributed by atoms with Gasteiger partial charge in [0.1, 0.15) is 6.07 Å². The number of ether oxygens (including phenoxy) is 1. The Labute approximate surface area is 121 Å². The molecule has 106 valence electrons. The molecule has 1 aromatic carbocycles. The fourth-order valence-electron chi connectivity index (χ4n) is 1.90. The van der Waals surface area contributed by atoms with E-state index in [4.69, 9.17) is 10.00 Å². The van der Waals surface area contributed by atoms with E-state index in [-0.39, 0.29) is 17.4 Å². The van der Waals surface area contributed by atoms with Crippen molar-refractivity contribution in [1.82, 2.24) is 4.98 Å². The number of hydrogen-bond donors (Lipinski definition) is 0. The van der Waals surface area contributed by atoms with Crippen LogP contribution in [0.3, 0.4) is 0 Å². The van der Waals surface area contributed by atoms with Crippen molar-refractivity contribution in [1.29, 1.82) is 5.26 Å². The van der Waals surface area contributed by atoms with Crippen molar-refractivity contribution in [3.63, 3.8) is 0 Å². The highest BCUT2D eigenvalue weighted by molar-refractivity contribution is 5.72. The van der Waals surface area contributed by atoms with Crippen molar-refractivity contribution in [3.8, 4) is 11.9 Å². The number of rotatable bonds is 4. The van der Waals surface area contributed by atoms with Crippen molar-refractivity contribution in [2.75, 3.05) is 19.1 Å². The minimum absolute atomic E-state index is 0.113. The van der Waals surface area contributed by atoms with Crippen LogP contribution in [0.5, 0.6) is 5.88 Å². The molecule has 0 unspecified atom stereocenters. The van der Waals surface area contributed by atoms with Crippen LogP contribution in [0.1, 0.15) is 5.56 Å². The molecule has 0 radical (unpaired) electrons. The van der Waals surface area contributed by atoms with Gasteiger partial charge in [0.15, 0.2) is 0 Å². The molecule has 0 aliphatic rings. The van der Waals surface area contributed by atoms with E-state index < -0.39 is 4.92 Å². The quantitative estimate of drug-likeness (QED) is 0.633. The maximum Gasteiger partial charge on any atom is 0.312 e. The van der Waals surface area contributed by atoms with Gasteiger partial charge in [-0.15, -0.1) is 0 Å². The number of nitrogens with zero attached hydrogens (tertiary/aromatic N) is 4. The van der Waals surface area contributed by atoms with Gasteiger partial charge in [-0.1, -0.05) is 12.1 Å². The van der Waals surface area contributed by atoms with Gasteiger partial charge < -0.3 is 9.64 Å². The van der Waals surface area contributed by atoms with Crippen LogP contribution in [0.2, 0.25) is 0 Å². The van der Waals surface area contributed by atoms with Gasteiger partial charge in [-0.2, -0.15) is 10.2 Å². The lowest BCUT2D eigenvalue weighted by atomic mass is 10.2. The molecule has 21 heavy (non-hydrogen) atoms. The number of nitro groups is 1. The summed E-state index contributed by atoms with van der Waals surface area (Å²) in [7, 11) is 3.05. The Morgan fingerprint density at radius 1 is 1.33 bits per heavy atom. The van der Waals surface area contributed by atoms with Gasteiger partial charge in [-0.25, -0.2) is 0 Å². The molecule has 0 saturated carbocycles. The van der Waals surface area contributed by atoms with Gasteiger partial charge in [0.05, 0.1) is 23.3 Å². The lowest BCUT2D eigenvalue weighted by Gasteiger charge is -2.19. The van der Waals surface area contributed by atoms with E-state index in [0.29, 0.717) is 11.3 Å². The molecule has 0 aliphatic heterocycles. The second-order valence-electron chi connectivity index (χ2n) is 4.14. The van der Waals surface area contributed by atoms with Crippen LogP contribution >= 0.6 is 0 Å². The number of benzene rings is 1. The molecule has 0 bridgehead atoms. The summed E-state index contributed by atoms with van der Waals surface area (Å²) in [6, 6.07) is 11.6. The Kier molecular flexibility index (Phi) is 4.00. The average Bonchev–Trinajstić information content (AvgIpc) is 2.53. The smallest absolute Gasteiger partial charge is 0.312 e. The Morgan fingerprint density at radius 3 is 2.67 bits per heavy atom. The van der Waals surface area contributed by atoms with Crippen LogP contribution in [0.15, 0.2) is 36.4 Å². The third kappa shape index (κ3) is 2.74. The summed E-state index contributed by atoms with van der Waals surface area (Å²) in [5.41, 5.74) is 0.772. The van der Waals surface area contributed by atoms with E-state index >= 15 is 0 Å². The Morgan fingerprint density at radius 2 is 2.05 bits per heavy atom. The summed E-state index contributed by atoms with van der Waals surface area (Å²) in [6.07, 6.45) is 0. The summed E-state index contributed by atoms with van der Waals surface area (Å²) >= 11 is 0. The number of methoxy groups -OCH3 is 1. The minimum atomic E-state index is -0.521. The number of anilines is 2. The monoisotopic (exact) mass is 284 g/mol. The molecule has 7 heteroatoms. The highest BCUT2D eigenvalue weighted by Gasteiger charge is 2.22. The van der Waals surface area contributed by atoms with Crippen LogP contribution < -0.4 is 9.64 Å². The fraction of sp³-hybridized carbons (Fsp3) is 0.143. The Balaban J connectivity index is 2.59. The molecule has 0 atom stereocenters. The van der Waals surface area contributed by atoms with Crippen LogP contribution in [-0.2, 0) is 0 Å². The van der Waals surface area contributed by atoms with E-state index in [9.17, 15) is 10.1 Å².